The van der Waals surface area contributed by atoms with Crippen molar-refractivity contribution in [3.8, 4) is 11.5 Å². The van der Waals surface area contributed by atoms with Crippen molar-refractivity contribution < 1.29 is 28.9 Å². The Hall–Kier alpha value is -3.10. The minimum Gasteiger partial charge on any atom is -0.493 e. The first-order valence-corrected chi connectivity index (χ1v) is 9.70. The molecular weight excluding hydrogens is 390 g/mol. The lowest BCUT2D eigenvalue weighted by atomic mass is 9.74. The van der Waals surface area contributed by atoms with Crippen LogP contribution < -0.4 is 9.47 Å². The van der Waals surface area contributed by atoms with Gasteiger partial charge in [-0.1, -0.05) is 0 Å². The van der Waals surface area contributed by atoms with Crippen molar-refractivity contribution in [2.24, 2.45) is 0 Å². The average molecular weight is 417 g/mol. The van der Waals surface area contributed by atoms with Crippen molar-refractivity contribution in [1.82, 2.24) is 14.9 Å². The number of aliphatic carboxylic acids is 1. The van der Waals surface area contributed by atoms with Crippen LogP contribution in [-0.2, 0) is 14.9 Å². The monoisotopic (exact) mass is 417 g/mol. The van der Waals surface area contributed by atoms with Crippen LogP contribution >= 0.6 is 0 Å². The largest absolute Gasteiger partial charge is 0.493 e. The number of rotatable bonds is 4. The summed E-state index contributed by atoms with van der Waals surface area (Å²) >= 11 is 0. The summed E-state index contributed by atoms with van der Waals surface area (Å²) in [6.45, 7) is 5.89. The highest BCUT2D eigenvalue weighted by molar-refractivity contribution is 5.92. The number of hydrogen-bond donors (Lipinski definition) is 1. The van der Waals surface area contributed by atoms with E-state index in [2.05, 4.69) is 9.97 Å². The number of amides is 1. The van der Waals surface area contributed by atoms with Crippen LogP contribution in [0.2, 0.25) is 0 Å². The van der Waals surface area contributed by atoms with Gasteiger partial charge in [-0.25, -0.2) is 14.8 Å². The van der Waals surface area contributed by atoms with E-state index in [-0.39, 0.29) is 25.9 Å². The highest BCUT2D eigenvalue weighted by Gasteiger charge is 2.47. The van der Waals surface area contributed by atoms with E-state index in [0.29, 0.717) is 28.1 Å². The first-order valence-electron chi connectivity index (χ1n) is 9.70. The summed E-state index contributed by atoms with van der Waals surface area (Å²) in [6, 6.07) is 3.40. The van der Waals surface area contributed by atoms with E-state index in [1.807, 2.05) is 0 Å². The Morgan fingerprint density at radius 3 is 2.20 bits per heavy atom. The number of hydrogen-bond acceptors (Lipinski definition) is 7. The standard InChI is InChI=1S/C21H27N3O6/c1-20(2,3)30-19(27)24-8-6-21(7-9-24,18(25)26)17-13-10-15(28-4)16(29-5)11-14(13)22-12-23-17/h10-12H,6-9H2,1-5H3,(H,25,26). The maximum atomic E-state index is 12.5. The number of aromatic nitrogens is 2. The molecule has 1 fully saturated rings. The highest BCUT2D eigenvalue weighted by atomic mass is 16.6. The lowest BCUT2D eigenvalue weighted by Crippen LogP contribution is -2.50. The first-order chi connectivity index (χ1) is 14.1. The first kappa shape index (κ1) is 21.6. The molecule has 0 aliphatic carbocycles. The quantitative estimate of drug-likeness (QED) is 0.808. The van der Waals surface area contributed by atoms with Gasteiger partial charge in [0.1, 0.15) is 17.3 Å². The molecule has 1 aromatic heterocycles. The molecule has 9 heteroatoms. The summed E-state index contributed by atoms with van der Waals surface area (Å²) < 4.78 is 16.1. The number of ether oxygens (including phenoxy) is 3. The van der Waals surface area contributed by atoms with Crippen LogP contribution in [0.5, 0.6) is 11.5 Å². The third kappa shape index (κ3) is 3.96. The van der Waals surface area contributed by atoms with Gasteiger partial charge in [-0.15, -0.1) is 0 Å². The third-order valence-electron chi connectivity index (χ3n) is 5.27. The summed E-state index contributed by atoms with van der Waals surface area (Å²) in [5.74, 6) is -0.0207. The van der Waals surface area contributed by atoms with Crippen molar-refractivity contribution in [3.63, 3.8) is 0 Å². The van der Waals surface area contributed by atoms with E-state index < -0.39 is 23.1 Å². The molecule has 3 rings (SSSR count). The molecule has 0 radical (unpaired) electrons. The van der Waals surface area contributed by atoms with Gasteiger partial charge in [0.2, 0.25) is 0 Å². The van der Waals surface area contributed by atoms with Crippen molar-refractivity contribution in [3.05, 3.63) is 24.2 Å². The maximum absolute atomic E-state index is 12.5. The van der Waals surface area contributed by atoms with Crippen LogP contribution in [0, 0.1) is 0 Å². The fourth-order valence-electron chi connectivity index (χ4n) is 3.71. The number of likely N-dealkylation sites (tertiary alicyclic amines) is 1. The van der Waals surface area contributed by atoms with Gasteiger partial charge in [-0.05, 0) is 39.7 Å². The number of nitrogens with zero attached hydrogens (tertiary/aromatic N) is 3. The number of methoxy groups -OCH3 is 2. The fourth-order valence-corrected chi connectivity index (χ4v) is 3.71. The summed E-state index contributed by atoms with van der Waals surface area (Å²) in [4.78, 5) is 35.0. The Balaban J connectivity index is 1.99. The molecule has 30 heavy (non-hydrogen) atoms. The van der Waals surface area contributed by atoms with Crippen LogP contribution in [0.1, 0.15) is 39.3 Å². The molecule has 1 N–H and O–H groups in total. The van der Waals surface area contributed by atoms with Gasteiger partial charge in [0, 0.05) is 24.5 Å². The molecule has 9 nitrogen and oxygen atoms in total. The molecular formula is C21H27N3O6. The van der Waals surface area contributed by atoms with Gasteiger partial charge < -0.3 is 24.2 Å². The van der Waals surface area contributed by atoms with Gasteiger partial charge in [0.25, 0.3) is 0 Å². The number of piperidine rings is 1. The number of carboxylic acids is 1. The Morgan fingerprint density at radius 2 is 1.67 bits per heavy atom. The predicted octanol–water partition coefficient (Wildman–Crippen LogP) is 3.00. The molecule has 2 aromatic rings. The Labute approximate surface area is 175 Å². The summed E-state index contributed by atoms with van der Waals surface area (Å²) in [7, 11) is 3.04. The second kappa shape index (κ2) is 7.97. The molecule has 0 atom stereocenters. The molecule has 0 bridgehead atoms. The SMILES string of the molecule is COc1cc2ncnc(C3(C(=O)O)CCN(C(=O)OC(C)(C)C)CC3)c2cc1OC. The second-order valence-corrected chi connectivity index (χ2v) is 8.30. The third-order valence-corrected chi connectivity index (χ3v) is 5.27. The van der Waals surface area contributed by atoms with E-state index in [1.165, 1.54) is 20.5 Å². The van der Waals surface area contributed by atoms with E-state index in [1.54, 1.807) is 37.8 Å². The molecule has 1 aromatic carbocycles. The smallest absolute Gasteiger partial charge is 0.410 e. The molecule has 0 unspecified atom stereocenters. The van der Waals surface area contributed by atoms with Crippen LogP contribution in [0.15, 0.2) is 18.5 Å². The molecule has 1 amide bonds. The van der Waals surface area contributed by atoms with Crippen LogP contribution in [0.25, 0.3) is 10.9 Å². The van der Waals surface area contributed by atoms with Gasteiger partial charge in [0.05, 0.1) is 25.4 Å². The van der Waals surface area contributed by atoms with Crippen LogP contribution in [0.3, 0.4) is 0 Å². The lowest BCUT2D eigenvalue weighted by molar-refractivity contribution is -0.146. The predicted molar refractivity (Wildman–Crippen MR) is 109 cm³/mol. The minimum absolute atomic E-state index is 0.210. The van der Waals surface area contributed by atoms with Gasteiger partial charge in [-0.2, -0.15) is 0 Å². The molecule has 0 spiro atoms. The van der Waals surface area contributed by atoms with E-state index in [9.17, 15) is 14.7 Å². The molecule has 0 saturated carbocycles. The number of carbonyl (C=O) groups is 2. The zero-order chi connectivity index (χ0) is 22.1. The number of carbonyl (C=O) groups excluding carboxylic acids is 1. The van der Waals surface area contributed by atoms with Crippen molar-refractivity contribution in [2.75, 3.05) is 27.3 Å². The van der Waals surface area contributed by atoms with Gasteiger partial charge in [-0.3, -0.25) is 4.79 Å². The lowest BCUT2D eigenvalue weighted by Gasteiger charge is -2.39. The van der Waals surface area contributed by atoms with Crippen molar-refractivity contribution in [2.45, 2.75) is 44.6 Å². The van der Waals surface area contributed by atoms with E-state index in [0.717, 1.165) is 0 Å². The molecule has 162 valence electrons. The Morgan fingerprint density at radius 1 is 1.07 bits per heavy atom. The minimum atomic E-state index is -1.25. The van der Waals surface area contributed by atoms with E-state index >= 15 is 0 Å². The summed E-state index contributed by atoms with van der Waals surface area (Å²) in [6.07, 6.45) is 1.33. The maximum Gasteiger partial charge on any atom is 0.410 e. The van der Waals surface area contributed by atoms with Crippen LogP contribution in [0.4, 0.5) is 4.79 Å². The molecule has 1 aliphatic heterocycles. The normalized spacial score (nSPS) is 16.2. The molecule has 2 heterocycles. The van der Waals surface area contributed by atoms with Crippen LogP contribution in [-0.4, -0.2) is 64.9 Å². The zero-order valence-electron chi connectivity index (χ0n) is 17.9. The highest BCUT2D eigenvalue weighted by Crippen LogP contribution is 2.41. The average Bonchev–Trinajstić information content (AvgIpc) is 2.70. The number of carboxylic acid groups (broad SMARTS) is 1. The number of benzene rings is 1. The Bertz CT molecular complexity index is 961. The van der Waals surface area contributed by atoms with E-state index in [4.69, 9.17) is 14.2 Å². The van der Waals surface area contributed by atoms with Crippen molar-refractivity contribution in [1.29, 1.82) is 0 Å². The molecule has 1 saturated heterocycles. The van der Waals surface area contributed by atoms with Gasteiger partial charge >= 0.3 is 12.1 Å². The molecule has 1 aliphatic rings. The Kier molecular flexibility index (Phi) is 5.74. The van der Waals surface area contributed by atoms with Crippen molar-refractivity contribution >= 4 is 23.0 Å². The zero-order valence-corrected chi connectivity index (χ0v) is 17.9. The fraction of sp³-hybridized carbons (Fsp3) is 0.524. The summed E-state index contributed by atoms with van der Waals surface area (Å²) in [5, 5.41) is 10.8. The van der Waals surface area contributed by atoms with Gasteiger partial charge in [0.15, 0.2) is 11.5 Å². The number of fused-ring (bicyclic) bond motifs is 1. The topological polar surface area (TPSA) is 111 Å². The summed E-state index contributed by atoms with van der Waals surface area (Å²) in [5.41, 5.74) is -0.895. The second-order valence-electron chi connectivity index (χ2n) is 8.30.